The highest BCUT2D eigenvalue weighted by atomic mass is 32.2. The van der Waals surface area contributed by atoms with E-state index in [0.29, 0.717) is 18.2 Å². The van der Waals surface area contributed by atoms with Crippen molar-refractivity contribution in [2.45, 2.75) is 22.6 Å². The molecule has 0 saturated carbocycles. The molecule has 1 aromatic rings. The van der Waals surface area contributed by atoms with Crippen molar-refractivity contribution in [3.05, 3.63) is 48.6 Å². The van der Waals surface area contributed by atoms with E-state index in [9.17, 15) is 4.57 Å². The molecule has 2 aliphatic rings. The highest BCUT2D eigenvalue weighted by Gasteiger charge is 2.32. The van der Waals surface area contributed by atoms with Crippen LogP contribution < -0.4 is 4.90 Å². The van der Waals surface area contributed by atoms with Gasteiger partial charge < -0.3 is 14.7 Å². The van der Waals surface area contributed by atoms with Crippen LogP contribution in [0.25, 0.3) is 0 Å². The van der Waals surface area contributed by atoms with E-state index in [0.717, 1.165) is 5.69 Å². The van der Waals surface area contributed by atoms with Crippen molar-refractivity contribution in [2.24, 2.45) is 0 Å². The summed E-state index contributed by atoms with van der Waals surface area (Å²) in [6.45, 7) is 0.655. The van der Waals surface area contributed by atoms with Gasteiger partial charge in [-0.3, -0.25) is 4.57 Å². The van der Waals surface area contributed by atoms with Crippen molar-refractivity contribution in [1.82, 2.24) is 0 Å². The largest absolute Gasteiger partial charge is 0.363 e. The van der Waals surface area contributed by atoms with Gasteiger partial charge in [0.05, 0.1) is 23.1 Å². The summed E-state index contributed by atoms with van der Waals surface area (Å²) in [6.07, 6.45) is 8.91. The van der Waals surface area contributed by atoms with E-state index in [4.69, 9.17) is 9.79 Å². The van der Waals surface area contributed by atoms with Crippen LogP contribution in [-0.2, 0) is 4.57 Å². The van der Waals surface area contributed by atoms with Gasteiger partial charge >= 0.3 is 7.60 Å². The summed E-state index contributed by atoms with van der Waals surface area (Å²) in [5, 5.41) is 0.361. The first kappa shape index (κ1) is 14.9. The van der Waals surface area contributed by atoms with Crippen LogP contribution in [-0.4, -0.2) is 33.8 Å². The Bertz CT molecular complexity index is 625. The van der Waals surface area contributed by atoms with E-state index in [2.05, 4.69) is 35.3 Å². The van der Waals surface area contributed by atoms with Crippen LogP contribution in [0.5, 0.6) is 0 Å². The van der Waals surface area contributed by atoms with Gasteiger partial charge in [0.2, 0.25) is 0 Å². The van der Waals surface area contributed by atoms with Crippen LogP contribution >= 0.6 is 19.4 Å². The summed E-state index contributed by atoms with van der Waals surface area (Å²) < 4.78 is 11.0. The number of benzene rings is 1. The highest BCUT2D eigenvalue weighted by Crippen LogP contribution is 2.44. The van der Waals surface area contributed by atoms with E-state index < -0.39 is 7.60 Å². The first-order chi connectivity index (χ1) is 10.0. The van der Waals surface area contributed by atoms with E-state index in [-0.39, 0.29) is 12.2 Å². The Hall–Kier alpha value is -1.00. The number of rotatable bonds is 4. The van der Waals surface area contributed by atoms with Crippen molar-refractivity contribution < 1.29 is 14.4 Å². The summed E-state index contributed by atoms with van der Waals surface area (Å²) in [5.41, 5.74) is 1.16. The van der Waals surface area contributed by atoms with Gasteiger partial charge in [-0.05, 0) is 18.6 Å². The van der Waals surface area contributed by atoms with Gasteiger partial charge in [-0.2, -0.15) is 0 Å². The average Bonchev–Trinajstić information content (AvgIpc) is 2.45. The van der Waals surface area contributed by atoms with Gasteiger partial charge in [0.1, 0.15) is 0 Å². The molecule has 1 heterocycles. The Labute approximate surface area is 128 Å². The molecule has 112 valence electrons. The molecule has 0 fully saturated rings. The molecule has 0 spiro atoms. The molecule has 2 unspecified atom stereocenters. The van der Waals surface area contributed by atoms with E-state index in [1.807, 2.05) is 30.0 Å². The Kier molecular flexibility index (Phi) is 4.27. The fourth-order valence-electron chi connectivity index (χ4n) is 2.78. The maximum absolute atomic E-state index is 11.0. The second-order valence-electron chi connectivity index (χ2n) is 5.25. The molecule has 1 aliphatic heterocycles. The first-order valence-electron chi connectivity index (χ1n) is 6.96. The zero-order valence-corrected chi connectivity index (χ0v) is 13.2. The van der Waals surface area contributed by atoms with Crippen LogP contribution in [0.1, 0.15) is 6.42 Å². The van der Waals surface area contributed by atoms with Crippen molar-refractivity contribution in [3.8, 4) is 0 Å². The van der Waals surface area contributed by atoms with Gasteiger partial charge in [0, 0.05) is 11.4 Å². The lowest BCUT2D eigenvalue weighted by Gasteiger charge is -2.42. The molecular weight excluding hydrogens is 305 g/mol. The lowest BCUT2D eigenvalue weighted by molar-refractivity contribution is 0.371. The molecule has 1 aromatic carbocycles. The molecule has 0 amide bonds. The first-order valence-corrected chi connectivity index (χ1v) is 9.64. The normalized spacial score (nSPS) is 23.8. The number of anilines is 1. The molecule has 0 aromatic heterocycles. The Morgan fingerprint density at radius 2 is 1.95 bits per heavy atom. The molecule has 0 radical (unpaired) electrons. The van der Waals surface area contributed by atoms with Crippen LogP contribution in [0.2, 0.25) is 0 Å². The number of para-hydroxylation sites is 1. The molecule has 21 heavy (non-hydrogen) atoms. The summed E-state index contributed by atoms with van der Waals surface area (Å²) in [6, 6.07) is 8.49. The second-order valence-corrected chi connectivity index (χ2v) is 8.24. The Morgan fingerprint density at radius 1 is 1.19 bits per heavy atom. The summed E-state index contributed by atoms with van der Waals surface area (Å²) >= 11 is 1.85. The molecule has 0 bridgehead atoms. The standard InChI is InChI=1S/C15H18NO3PS/c17-20(18,19)11-5-10-16-12-6-1-3-8-14(12)21-15-9-4-2-7-13(15)16/h1-4,6-9,12,14H,5,10-11H2,(H2,17,18,19). The van der Waals surface area contributed by atoms with Gasteiger partial charge in [0.25, 0.3) is 0 Å². The minimum absolute atomic E-state index is 0.0598. The molecule has 1 aliphatic carbocycles. The van der Waals surface area contributed by atoms with Gasteiger partial charge in [-0.1, -0.05) is 36.4 Å². The van der Waals surface area contributed by atoms with Gasteiger partial charge in [-0.25, -0.2) is 0 Å². The van der Waals surface area contributed by atoms with Crippen LogP contribution in [0.15, 0.2) is 53.5 Å². The van der Waals surface area contributed by atoms with E-state index in [1.54, 1.807) is 0 Å². The van der Waals surface area contributed by atoms with Gasteiger partial charge in [-0.15, -0.1) is 11.8 Å². The molecule has 2 atom stereocenters. The SMILES string of the molecule is O=P(O)(O)CCCN1c2ccccc2SC2C=CC=CC21. The topological polar surface area (TPSA) is 60.8 Å². The number of hydrogen-bond donors (Lipinski definition) is 2. The summed E-state index contributed by atoms with van der Waals surface area (Å²) in [5.74, 6) is 0. The Balaban J connectivity index is 1.83. The van der Waals surface area contributed by atoms with Crippen molar-refractivity contribution in [3.63, 3.8) is 0 Å². The number of thioether (sulfide) groups is 1. The van der Waals surface area contributed by atoms with Crippen LogP contribution in [0.4, 0.5) is 5.69 Å². The van der Waals surface area contributed by atoms with Crippen LogP contribution in [0.3, 0.4) is 0 Å². The molecule has 0 saturated heterocycles. The zero-order chi connectivity index (χ0) is 14.9. The fraction of sp³-hybridized carbons (Fsp3) is 0.333. The number of allylic oxidation sites excluding steroid dienone is 2. The quantitative estimate of drug-likeness (QED) is 0.834. The third kappa shape index (κ3) is 3.43. The lowest BCUT2D eigenvalue weighted by Crippen LogP contribution is -2.44. The van der Waals surface area contributed by atoms with Crippen LogP contribution in [0, 0.1) is 0 Å². The summed E-state index contributed by atoms with van der Waals surface area (Å²) in [7, 11) is -3.92. The minimum Gasteiger partial charge on any atom is -0.363 e. The van der Waals surface area contributed by atoms with Gasteiger partial charge in [0.15, 0.2) is 0 Å². The predicted octanol–water partition coefficient (Wildman–Crippen LogP) is 3.03. The third-order valence-corrected chi connectivity index (χ3v) is 5.91. The number of nitrogens with zero attached hydrogens (tertiary/aromatic N) is 1. The Morgan fingerprint density at radius 3 is 2.76 bits per heavy atom. The lowest BCUT2D eigenvalue weighted by atomic mass is 10.0. The molecule has 4 nitrogen and oxygen atoms in total. The van der Waals surface area contributed by atoms with Crippen molar-refractivity contribution >= 4 is 25.0 Å². The number of hydrogen-bond acceptors (Lipinski definition) is 3. The van der Waals surface area contributed by atoms with E-state index in [1.165, 1.54) is 4.90 Å². The maximum Gasteiger partial charge on any atom is 0.325 e. The molecule has 3 rings (SSSR count). The molecule has 6 heteroatoms. The van der Waals surface area contributed by atoms with E-state index >= 15 is 0 Å². The third-order valence-electron chi connectivity index (χ3n) is 3.70. The highest BCUT2D eigenvalue weighted by molar-refractivity contribution is 8.00. The molecular formula is C15H18NO3PS. The fourth-order valence-corrected chi connectivity index (χ4v) is 4.64. The monoisotopic (exact) mass is 323 g/mol. The average molecular weight is 323 g/mol. The predicted molar refractivity (Wildman–Crippen MR) is 87.0 cm³/mol. The summed E-state index contributed by atoms with van der Waals surface area (Å²) in [4.78, 5) is 21.6. The minimum atomic E-state index is -3.92. The van der Waals surface area contributed by atoms with Crippen molar-refractivity contribution in [2.75, 3.05) is 17.6 Å². The smallest absolute Gasteiger partial charge is 0.325 e. The maximum atomic E-state index is 11.0. The second kappa shape index (κ2) is 6.01. The van der Waals surface area contributed by atoms with Crippen molar-refractivity contribution in [1.29, 1.82) is 0 Å². The molecule has 2 N–H and O–H groups in total. The number of fused-ring (bicyclic) bond motifs is 2. The zero-order valence-electron chi connectivity index (χ0n) is 11.5.